The van der Waals surface area contributed by atoms with Crippen molar-refractivity contribution in [1.82, 2.24) is 9.97 Å². The largest absolute Gasteiger partial charge is 0.492 e. The zero-order chi connectivity index (χ0) is 14.5. The third-order valence-corrected chi connectivity index (χ3v) is 2.93. The number of nitrogens with zero attached hydrogens (tertiary/aromatic N) is 2. The molecule has 2 rings (SSSR count). The Morgan fingerprint density at radius 2 is 2.00 bits per heavy atom. The van der Waals surface area contributed by atoms with E-state index in [-0.39, 0.29) is 5.92 Å². The number of hydrogen-bond donors (Lipinski definition) is 2. The fourth-order valence-corrected chi connectivity index (χ4v) is 2.06. The van der Waals surface area contributed by atoms with E-state index in [1.165, 1.54) is 6.33 Å². The number of benzene rings is 1. The number of nitrogen functional groups attached to an aromatic ring is 1. The number of nitrogens with two attached hydrogens (primary N) is 1. The molecular formula is C15H20N4O. The van der Waals surface area contributed by atoms with Gasteiger partial charge in [-0.2, -0.15) is 0 Å². The fraction of sp³-hybridized carbons (Fsp3) is 0.333. The summed E-state index contributed by atoms with van der Waals surface area (Å²) < 4.78 is 5.60. The minimum Gasteiger partial charge on any atom is -0.492 e. The van der Waals surface area contributed by atoms with Gasteiger partial charge in [0, 0.05) is 5.56 Å². The fourth-order valence-electron chi connectivity index (χ4n) is 2.06. The Labute approximate surface area is 119 Å². The zero-order valence-electron chi connectivity index (χ0n) is 12.1. The standard InChI is InChI=1S/C15H20N4O/c1-4-20-12-8-6-5-7-11(12)19-15-13(10(2)3)14(16)17-9-18-15/h5-10H,4H2,1-3H3,(H3,16,17,18,19). The zero-order valence-corrected chi connectivity index (χ0v) is 12.1. The maximum Gasteiger partial charge on any atom is 0.142 e. The van der Waals surface area contributed by atoms with Crippen LogP contribution in [0.25, 0.3) is 0 Å². The average molecular weight is 272 g/mol. The maximum absolute atomic E-state index is 5.95. The highest BCUT2D eigenvalue weighted by Crippen LogP contribution is 2.32. The smallest absolute Gasteiger partial charge is 0.142 e. The molecule has 0 bridgehead atoms. The van der Waals surface area contributed by atoms with Crippen LogP contribution in [0.15, 0.2) is 30.6 Å². The molecule has 20 heavy (non-hydrogen) atoms. The summed E-state index contributed by atoms with van der Waals surface area (Å²) >= 11 is 0. The number of hydrogen-bond acceptors (Lipinski definition) is 5. The van der Waals surface area contributed by atoms with E-state index >= 15 is 0 Å². The third kappa shape index (κ3) is 2.99. The maximum atomic E-state index is 5.95. The van der Waals surface area contributed by atoms with E-state index < -0.39 is 0 Å². The van der Waals surface area contributed by atoms with Gasteiger partial charge in [-0.25, -0.2) is 9.97 Å². The van der Waals surface area contributed by atoms with Crippen LogP contribution in [0, 0.1) is 0 Å². The Morgan fingerprint density at radius 1 is 1.25 bits per heavy atom. The van der Waals surface area contributed by atoms with Crippen molar-refractivity contribution in [3.05, 3.63) is 36.2 Å². The first-order valence-corrected chi connectivity index (χ1v) is 6.72. The van der Waals surface area contributed by atoms with Crippen molar-refractivity contribution >= 4 is 17.3 Å². The van der Waals surface area contributed by atoms with Gasteiger partial charge < -0.3 is 15.8 Å². The quantitative estimate of drug-likeness (QED) is 0.873. The Kier molecular flexibility index (Phi) is 4.40. The van der Waals surface area contributed by atoms with Crippen LogP contribution in [0.5, 0.6) is 5.75 Å². The number of rotatable bonds is 5. The molecule has 0 spiro atoms. The predicted octanol–water partition coefficient (Wildman–Crippen LogP) is 3.32. The second-order valence-electron chi connectivity index (χ2n) is 4.73. The minimum absolute atomic E-state index is 0.234. The van der Waals surface area contributed by atoms with Gasteiger partial charge in [-0.3, -0.25) is 0 Å². The van der Waals surface area contributed by atoms with E-state index in [0.29, 0.717) is 12.4 Å². The first-order chi connectivity index (χ1) is 9.63. The lowest BCUT2D eigenvalue weighted by Crippen LogP contribution is -2.07. The Morgan fingerprint density at radius 3 is 2.70 bits per heavy atom. The van der Waals surface area contributed by atoms with Gasteiger partial charge in [0.05, 0.1) is 12.3 Å². The van der Waals surface area contributed by atoms with Crippen molar-refractivity contribution in [1.29, 1.82) is 0 Å². The van der Waals surface area contributed by atoms with Crippen LogP contribution in [-0.4, -0.2) is 16.6 Å². The SMILES string of the molecule is CCOc1ccccc1Nc1ncnc(N)c1C(C)C. The summed E-state index contributed by atoms with van der Waals surface area (Å²) in [5, 5.41) is 3.29. The van der Waals surface area contributed by atoms with Crippen molar-refractivity contribution in [2.45, 2.75) is 26.7 Å². The van der Waals surface area contributed by atoms with E-state index in [0.717, 1.165) is 22.8 Å². The Bertz CT molecular complexity index is 584. The third-order valence-electron chi connectivity index (χ3n) is 2.93. The van der Waals surface area contributed by atoms with E-state index in [1.54, 1.807) is 0 Å². The summed E-state index contributed by atoms with van der Waals surface area (Å²) in [6, 6.07) is 7.76. The van der Waals surface area contributed by atoms with Crippen LogP contribution in [0.2, 0.25) is 0 Å². The molecule has 0 aliphatic heterocycles. The van der Waals surface area contributed by atoms with Crippen LogP contribution >= 0.6 is 0 Å². The summed E-state index contributed by atoms with van der Waals surface area (Å²) in [7, 11) is 0. The van der Waals surface area contributed by atoms with Gasteiger partial charge in [0.1, 0.15) is 23.7 Å². The lowest BCUT2D eigenvalue weighted by atomic mass is 10.0. The molecule has 0 aliphatic carbocycles. The lowest BCUT2D eigenvalue weighted by molar-refractivity contribution is 0.342. The van der Waals surface area contributed by atoms with Crippen LogP contribution in [-0.2, 0) is 0 Å². The molecule has 0 saturated carbocycles. The van der Waals surface area contributed by atoms with E-state index in [9.17, 15) is 0 Å². The number of ether oxygens (including phenoxy) is 1. The van der Waals surface area contributed by atoms with E-state index in [4.69, 9.17) is 10.5 Å². The van der Waals surface area contributed by atoms with Crippen molar-refractivity contribution in [3.63, 3.8) is 0 Å². The van der Waals surface area contributed by atoms with E-state index in [2.05, 4.69) is 29.1 Å². The number of anilines is 3. The average Bonchev–Trinajstić information content (AvgIpc) is 2.41. The molecule has 1 heterocycles. The number of nitrogens with one attached hydrogen (secondary N) is 1. The Balaban J connectivity index is 2.38. The molecule has 1 aromatic carbocycles. The molecule has 0 amide bonds. The minimum atomic E-state index is 0.234. The molecule has 0 unspecified atom stereocenters. The van der Waals surface area contributed by atoms with Gasteiger partial charge in [-0.1, -0.05) is 26.0 Å². The monoisotopic (exact) mass is 272 g/mol. The number of aromatic nitrogens is 2. The second kappa shape index (κ2) is 6.23. The molecule has 5 heteroatoms. The Hall–Kier alpha value is -2.30. The summed E-state index contributed by atoms with van der Waals surface area (Å²) in [6.45, 7) is 6.70. The highest BCUT2D eigenvalue weighted by atomic mass is 16.5. The molecule has 106 valence electrons. The topological polar surface area (TPSA) is 73.1 Å². The highest BCUT2D eigenvalue weighted by Gasteiger charge is 2.14. The number of para-hydroxylation sites is 2. The van der Waals surface area contributed by atoms with Gasteiger partial charge in [-0.15, -0.1) is 0 Å². The van der Waals surface area contributed by atoms with Gasteiger partial charge in [0.15, 0.2) is 0 Å². The van der Waals surface area contributed by atoms with Crippen LogP contribution in [0.3, 0.4) is 0 Å². The molecule has 0 fully saturated rings. The molecule has 3 N–H and O–H groups in total. The van der Waals surface area contributed by atoms with Gasteiger partial charge in [0.2, 0.25) is 0 Å². The summed E-state index contributed by atoms with van der Waals surface area (Å²) in [5.41, 5.74) is 7.74. The second-order valence-corrected chi connectivity index (χ2v) is 4.73. The lowest BCUT2D eigenvalue weighted by Gasteiger charge is -2.16. The van der Waals surface area contributed by atoms with Gasteiger partial charge in [-0.05, 0) is 25.0 Å². The van der Waals surface area contributed by atoms with Crippen molar-refractivity contribution < 1.29 is 4.74 Å². The first-order valence-electron chi connectivity index (χ1n) is 6.72. The van der Waals surface area contributed by atoms with Crippen molar-refractivity contribution in [2.24, 2.45) is 0 Å². The van der Waals surface area contributed by atoms with Crippen molar-refractivity contribution in [2.75, 3.05) is 17.7 Å². The summed E-state index contributed by atoms with van der Waals surface area (Å²) in [6.07, 6.45) is 1.47. The van der Waals surface area contributed by atoms with Crippen LogP contribution in [0.4, 0.5) is 17.3 Å². The predicted molar refractivity (Wildman–Crippen MR) is 81.4 cm³/mol. The van der Waals surface area contributed by atoms with Crippen molar-refractivity contribution in [3.8, 4) is 5.75 Å². The molecular weight excluding hydrogens is 252 g/mol. The van der Waals surface area contributed by atoms with Gasteiger partial charge >= 0.3 is 0 Å². The van der Waals surface area contributed by atoms with E-state index in [1.807, 2.05) is 31.2 Å². The first kappa shape index (κ1) is 14.1. The molecule has 0 saturated heterocycles. The molecule has 2 aromatic rings. The molecule has 5 nitrogen and oxygen atoms in total. The summed E-state index contributed by atoms with van der Waals surface area (Å²) in [5.74, 6) is 2.26. The van der Waals surface area contributed by atoms with Crippen LogP contribution in [0.1, 0.15) is 32.3 Å². The molecule has 0 radical (unpaired) electrons. The van der Waals surface area contributed by atoms with Gasteiger partial charge in [0.25, 0.3) is 0 Å². The molecule has 0 atom stereocenters. The molecule has 1 aromatic heterocycles. The normalized spacial score (nSPS) is 10.6. The molecule has 0 aliphatic rings. The highest BCUT2D eigenvalue weighted by molar-refractivity contribution is 5.69. The van der Waals surface area contributed by atoms with Crippen LogP contribution < -0.4 is 15.8 Å². The summed E-state index contributed by atoms with van der Waals surface area (Å²) in [4.78, 5) is 8.36.